The van der Waals surface area contributed by atoms with Gasteiger partial charge in [0.05, 0.1) is 18.2 Å². The molecular formula is C25H32ClN3O7. The first kappa shape index (κ1) is 27.5. The minimum Gasteiger partial charge on any atom is -0.508 e. The molecule has 196 valence electrons. The molecule has 0 aromatic heterocycles. The number of likely N-dealkylation sites (N-methyl/N-ethyl adjacent to an activating group) is 1. The molecular weight excluding hydrogens is 490 g/mol. The van der Waals surface area contributed by atoms with Crippen LogP contribution in [0.15, 0.2) is 29.0 Å². The summed E-state index contributed by atoms with van der Waals surface area (Å²) in [5.74, 6) is -5.52. The van der Waals surface area contributed by atoms with Gasteiger partial charge < -0.3 is 30.7 Å². The lowest BCUT2D eigenvalue weighted by atomic mass is 9.57. The van der Waals surface area contributed by atoms with E-state index >= 15 is 0 Å². The average Bonchev–Trinajstić information content (AvgIpc) is 2.75. The van der Waals surface area contributed by atoms with E-state index in [1.54, 1.807) is 27.1 Å². The number of aliphatic hydroxyl groups excluding tert-OH is 2. The fraction of sp³-hybridized carbons (Fsp3) is 0.480. The molecule has 1 amide bonds. The first-order valence-electron chi connectivity index (χ1n) is 11.5. The minimum absolute atomic E-state index is 0. The molecule has 5 N–H and O–H groups in total. The molecule has 3 aliphatic carbocycles. The summed E-state index contributed by atoms with van der Waals surface area (Å²) in [5, 5.41) is 34.0. The Balaban J connectivity index is 0.00000361. The van der Waals surface area contributed by atoms with Crippen molar-refractivity contribution in [3.8, 4) is 5.75 Å². The second-order valence-electron chi connectivity index (χ2n) is 9.73. The van der Waals surface area contributed by atoms with E-state index in [4.69, 9.17) is 10.5 Å². The zero-order valence-electron chi connectivity index (χ0n) is 20.9. The van der Waals surface area contributed by atoms with Crippen LogP contribution in [0, 0.1) is 11.8 Å². The van der Waals surface area contributed by atoms with E-state index < -0.39 is 52.3 Å². The fourth-order valence-corrected chi connectivity index (χ4v) is 5.91. The summed E-state index contributed by atoms with van der Waals surface area (Å²) < 4.78 is 5.73. The Morgan fingerprint density at radius 1 is 1.19 bits per heavy atom. The van der Waals surface area contributed by atoms with Crippen molar-refractivity contribution in [2.24, 2.45) is 17.6 Å². The predicted octanol–water partition coefficient (Wildman–Crippen LogP) is 1.14. The van der Waals surface area contributed by atoms with Crippen molar-refractivity contribution in [3.63, 3.8) is 0 Å². The Hall–Kier alpha value is -3.08. The zero-order valence-corrected chi connectivity index (χ0v) is 21.7. The number of carbonyl (C=O) groups excluding carboxylic acids is 3. The third-order valence-electron chi connectivity index (χ3n) is 7.34. The summed E-state index contributed by atoms with van der Waals surface area (Å²) in [6.45, 7) is 2.13. The van der Waals surface area contributed by atoms with Gasteiger partial charge in [-0.2, -0.15) is 0 Å². The van der Waals surface area contributed by atoms with E-state index in [2.05, 4.69) is 0 Å². The van der Waals surface area contributed by atoms with E-state index in [1.807, 2.05) is 25.1 Å². The number of carbonyl (C=O) groups is 3. The lowest BCUT2D eigenvalue weighted by molar-refractivity contribution is -0.153. The molecule has 11 heteroatoms. The molecule has 0 saturated heterocycles. The van der Waals surface area contributed by atoms with Gasteiger partial charge in [0.15, 0.2) is 11.4 Å². The summed E-state index contributed by atoms with van der Waals surface area (Å²) in [5.41, 5.74) is 3.89. The van der Waals surface area contributed by atoms with E-state index in [1.165, 1.54) is 4.90 Å². The number of nitrogens with two attached hydrogens (primary N) is 1. The largest absolute Gasteiger partial charge is 0.508 e. The highest BCUT2D eigenvalue weighted by Gasteiger charge is 2.64. The van der Waals surface area contributed by atoms with Crippen LogP contribution in [0.4, 0.5) is 5.69 Å². The molecule has 4 rings (SSSR count). The number of primary amides is 1. The number of ether oxygens (including phenoxy) is 1. The Kier molecular flexibility index (Phi) is 7.20. The van der Waals surface area contributed by atoms with Crippen molar-refractivity contribution in [3.05, 3.63) is 40.2 Å². The number of hydrogen-bond acceptors (Lipinski definition) is 9. The molecule has 0 heterocycles. The number of aliphatic hydroxyl groups is 3. The number of ketones is 2. The molecule has 36 heavy (non-hydrogen) atoms. The van der Waals surface area contributed by atoms with Crippen molar-refractivity contribution >= 4 is 41.3 Å². The second-order valence-corrected chi connectivity index (χ2v) is 9.73. The van der Waals surface area contributed by atoms with Gasteiger partial charge in [-0.25, -0.2) is 0 Å². The van der Waals surface area contributed by atoms with Crippen LogP contribution in [0.2, 0.25) is 0 Å². The summed E-state index contributed by atoms with van der Waals surface area (Å²) in [6.07, 6.45) is 0.459. The van der Waals surface area contributed by atoms with E-state index in [0.717, 1.165) is 11.3 Å². The molecule has 0 radical (unpaired) electrons. The van der Waals surface area contributed by atoms with E-state index in [9.17, 15) is 29.7 Å². The first-order chi connectivity index (χ1) is 16.4. The molecule has 10 nitrogen and oxygen atoms in total. The monoisotopic (exact) mass is 521 g/mol. The van der Waals surface area contributed by atoms with Crippen molar-refractivity contribution in [1.82, 2.24) is 4.90 Å². The Morgan fingerprint density at radius 3 is 2.36 bits per heavy atom. The number of hydrogen-bond donors (Lipinski definition) is 4. The van der Waals surface area contributed by atoms with Crippen LogP contribution in [0.5, 0.6) is 5.75 Å². The van der Waals surface area contributed by atoms with Crippen molar-refractivity contribution in [2.45, 2.75) is 31.4 Å². The van der Waals surface area contributed by atoms with Gasteiger partial charge in [0.2, 0.25) is 5.78 Å². The quantitative estimate of drug-likeness (QED) is 0.418. The maximum Gasteiger partial charge on any atom is 0.255 e. The standard InChI is InChI=1S/C25H31N3O7.ClH/c1-6-35-15-8-7-14(27(2)3)12-9-11-10-13-19(28(4)5)21(30)18(24(26)33)23(32)25(13,34)22(31)16(11)20(29)17(12)15;/h7-8,11,13,19,29,32,34H,6,9-10H2,1-5H3,(H2,26,33);1H. The fourth-order valence-electron chi connectivity index (χ4n) is 5.91. The highest BCUT2D eigenvalue weighted by atomic mass is 35.5. The van der Waals surface area contributed by atoms with Crippen molar-refractivity contribution in [2.75, 3.05) is 39.7 Å². The Morgan fingerprint density at radius 2 is 1.83 bits per heavy atom. The third kappa shape index (κ3) is 3.66. The van der Waals surface area contributed by atoms with Crippen LogP contribution in [0.1, 0.15) is 24.5 Å². The topological polar surface area (TPSA) is 154 Å². The van der Waals surface area contributed by atoms with Crippen LogP contribution >= 0.6 is 12.4 Å². The number of Topliss-reactive ketones (excluding diaryl/α,β-unsaturated/α-hetero) is 2. The van der Waals surface area contributed by atoms with Crippen LogP contribution in [-0.2, 0) is 20.8 Å². The number of benzene rings is 1. The van der Waals surface area contributed by atoms with Gasteiger partial charge in [0.1, 0.15) is 22.8 Å². The normalized spacial score (nSPS) is 27.2. The molecule has 3 aliphatic rings. The number of halogens is 1. The molecule has 4 unspecified atom stereocenters. The molecule has 1 saturated carbocycles. The van der Waals surface area contributed by atoms with Crippen LogP contribution in [0.25, 0.3) is 5.76 Å². The maximum atomic E-state index is 13.9. The second kappa shape index (κ2) is 9.42. The molecule has 4 atom stereocenters. The summed E-state index contributed by atoms with van der Waals surface area (Å²) in [6, 6.07) is 2.52. The minimum atomic E-state index is -2.59. The van der Waals surface area contributed by atoms with Gasteiger partial charge in [-0.3, -0.25) is 19.3 Å². The number of rotatable bonds is 5. The van der Waals surface area contributed by atoms with Gasteiger partial charge in [0, 0.05) is 31.3 Å². The van der Waals surface area contributed by atoms with Gasteiger partial charge >= 0.3 is 0 Å². The number of fused-ring (bicyclic) bond motifs is 3. The highest BCUT2D eigenvalue weighted by molar-refractivity contribution is 6.24. The number of anilines is 1. The summed E-state index contributed by atoms with van der Waals surface area (Å²) in [7, 11) is 6.91. The van der Waals surface area contributed by atoms with Gasteiger partial charge in [-0.05, 0) is 57.5 Å². The van der Waals surface area contributed by atoms with Crippen LogP contribution < -0.4 is 15.4 Å². The highest BCUT2D eigenvalue weighted by Crippen LogP contribution is 2.53. The number of nitrogens with zero attached hydrogens (tertiary/aromatic N) is 2. The molecule has 1 fully saturated rings. The molecule has 0 bridgehead atoms. The summed E-state index contributed by atoms with van der Waals surface area (Å²) >= 11 is 0. The van der Waals surface area contributed by atoms with Crippen molar-refractivity contribution < 1.29 is 34.4 Å². The lowest BCUT2D eigenvalue weighted by Gasteiger charge is -2.50. The Bertz CT molecular complexity index is 1210. The van der Waals surface area contributed by atoms with Gasteiger partial charge in [0.25, 0.3) is 5.91 Å². The van der Waals surface area contributed by atoms with E-state index in [-0.39, 0.29) is 30.2 Å². The van der Waals surface area contributed by atoms with Gasteiger partial charge in [-0.15, -0.1) is 12.4 Å². The Labute approximate surface area is 215 Å². The molecule has 0 aliphatic heterocycles. The maximum absolute atomic E-state index is 13.9. The predicted molar refractivity (Wildman–Crippen MR) is 135 cm³/mol. The first-order valence-corrected chi connectivity index (χ1v) is 11.5. The molecule has 1 aromatic carbocycles. The van der Waals surface area contributed by atoms with Crippen LogP contribution in [-0.4, -0.2) is 84.1 Å². The SMILES string of the molecule is CCOc1ccc(N(C)C)c2c1C(O)=C1C(=O)C3(O)C(O)=C(C(N)=O)C(=O)C(N(C)C)C3CC1C2.Cl. The van der Waals surface area contributed by atoms with E-state index in [0.29, 0.717) is 24.3 Å². The van der Waals surface area contributed by atoms with Gasteiger partial charge in [-0.1, -0.05) is 0 Å². The smallest absolute Gasteiger partial charge is 0.255 e. The molecule has 0 spiro atoms. The van der Waals surface area contributed by atoms with Crippen molar-refractivity contribution in [1.29, 1.82) is 0 Å². The summed E-state index contributed by atoms with van der Waals surface area (Å²) in [4.78, 5) is 42.5. The number of amides is 1. The lowest BCUT2D eigenvalue weighted by Crippen LogP contribution is -2.65. The zero-order chi connectivity index (χ0) is 26.0. The average molecular weight is 522 g/mol. The van der Waals surface area contributed by atoms with Crippen LogP contribution in [0.3, 0.4) is 0 Å². The molecule has 1 aromatic rings. The third-order valence-corrected chi connectivity index (χ3v) is 7.34.